The molecule has 2 atom stereocenters. The molecule has 2 unspecified atom stereocenters. The molecule has 1 saturated heterocycles. The molecule has 5 rings (SSSR count). The number of rotatable bonds is 4. The lowest BCUT2D eigenvalue weighted by Crippen LogP contribution is -2.54. The minimum atomic E-state index is -0.285. The van der Waals surface area contributed by atoms with Crippen molar-refractivity contribution in [3.05, 3.63) is 54.5 Å². The molecule has 33 heavy (non-hydrogen) atoms. The molecule has 3 heterocycles. The highest BCUT2D eigenvalue weighted by molar-refractivity contribution is 6.15. The Kier molecular flexibility index (Phi) is 5.47. The third-order valence-corrected chi connectivity index (χ3v) is 5.78. The number of para-hydroxylation sites is 1. The molecule has 1 aliphatic heterocycles. The maximum Gasteiger partial charge on any atom is 0.316 e. The van der Waals surface area contributed by atoms with Gasteiger partial charge in [0.15, 0.2) is 0 Å². The van der Waals surface area contributed by atoms with Gasteiger partial charge in [0.1, 0.15) is 5.52 Å². The number of hydrogen-bond donors (Lipinski definition) is 2. The summed E-state index contributed by atoms with van der Waals surface area (Å²) in [5, 5.41) is 7.33. The van der Waals surface area contributed by atoms with Crippen LogP contribution >= 0.6 is 0 Å². The number of piperazine rings is 1. The number of anilines is 2. The van der Waals surface area contributed by atoms with Crippen LogP contribution in [0.1, 0.15) is 24.2 Å². The Morgan fingerprint density at radius 3 is 2.64 bits per heavy atom. The van der Waals surface area contributed by atoms with Gasteiger partial charge in [-0.1, -0.05) is 6.07 Å². The van der Waals surface area contributed by atoms with E-state index < -0.39 is 0 Å². The van der Waals surface area contributed by atoms with E-state index in [1.807, 2.05) is 30.3 Å². The first-order valence-corrected chi connectivity index (χ1v) is 10.9. The molecule has 2 N–H and O–H groups in total. The Morgan fingerprint density at radius 1 is 1.06 bits per heavy atom. The monoisotopic (exact) mass is 443 g/mol. The van der Waals surface area contributed by atoms with Gasteiger partial charge in [-0.25, -0.2) is 4.98 Å². The Balaban J connectivity index is 1.57. The number of hydrogen-bond acceptors (Lipinski definition) is 8. The number of carbonyl (C=O) groups is 1. The molecule has 2 aromatic heterocycles. The smallest absolute Gasteiger partial charge is 0.316 e. The van der Waals surface area contributed by atoms with Crippen LogP contribution < -0.4 is 20.3 Å². The van der Waals surface area contributed by atoms with Gasteiger partial charge >= 0.3 is 6.01 Å². The topological polar surface area (TPSA) is 105 Å². The second kappa shape index (κ2) is 8.59. The molecule has 0 aliphatic carbocycles. The normalized spacial score (nSPS) is 18.5. The van der Waals surface area contributed by atoms with Gasteiger partial charge in [-0.05, 0) is 38.1 Å². The van der Waals surface area contributed by atoms with Crippen LogP contribution in [0, 0.1) is 0 Å². The fraction of sp³-hybridized carbons (Fsp3) is 0.292. The number of aromatic nitrogens is 4. The average Bonchev–Trinajstić information content (AvgIpc) is 2.82. The number of nitrogens with zero attached hydrogens (tertiary/aromatic N) is 5. The van der Waals surface area contributed by atoms with Gasteiger partial charge in [0.05, 0.1) is 29.4 Å². The molecule has 9 nitrogen and oxygen atoms in total. The molecule has 2 aromatic carbocycles. The number of fused-ring (bicyclic) bond motifs is 2. The molecular formula is C24H25N7O2. The van der Waals surface area contributed by atoms with Gasteiger partial charge in [-0.2, -0.15) is 4.98 Å². The molecule has 1 fully saturated rings. The fourth-order valence-electron chi connectivity index (χ4n) is 4.45. The fourth-order valence-corrected chi connectivity index (χ4v) is 4.45. The zero-order chi connectivity index (χ0) is 22.9. The third-order valence-electron chi connectivity index (χ3n) is 5.78. The van der Waals surface area contributed by atoms with E-state index in [-0.39, 0.29) is 11.9 Å². The summed E-state index contributed by atoms with van der Waals surface area (Å²) in [5.41, 5.74) is 3.91. The summed E-state index contributed by atoms with van der Waals surface area (Å²) in [6.07, 6.45) is 4.96. The minimum Gasteiger partial charge on any atom is -0.467 e. The number of benzene rings is 2. The van der Waals surface area contributed by atoms with E-state index in [0.29, 0.717) is 39.9 Å². The van der Waals surface area contributed by atoms with Gasteiger partial charge in [0, 0.05) is 54.8 Å². The molecule has 0 saturated carbocycles. The van der Waals surface area contributed by atoms with Crippen molar-refractivity contribution in [2.24, 2.45) is 0 Å². The SMILES string of the molecule is COc1ncc2c(N3CC(C)NC(C)C3)ccc(C(=O)Nc3cccc4nccnc34)c2n1. The van der Waals surface area contributed by atoms with Crippen LogP contribution in [0.2, 0.25) is 0 Å². The summed E-state index contributed by atoms with van der Waals surface area (Å²) in [6.45, 7) is 6.04. The molecule has 1 aliphatic rings. The van der Waals surface area contributed by atoms with Gasteiger partial charge in [-0.15, -0.1) is 0 Å². The predicted octanol–water partition coefficient (Wildman–Crippen LogP) is 3.02. The Morgan fingerprint density at radius 2 is 1.85 bits per heavy atom. The van der Waals surface area contributed by atoms with Crippen LogP contribution in [-0.2, 0) is 0 Å². The van der Waals surface area contributed by atoms with E-state index in [9.17, 15) is 4.79 Å². The zero-order valence-corrected chi connectivity index (χ0v) is 18.7. The summed E-state index contributed by atoms with van der Waals surface area (Å²) in [5.74, 6) is -0.285. The summed E-state index contributed by atoms with van der Waals surface area (Å²) in [4.78, 5) is 33.2. The highest BCUT2D eigenvalue weighted by Crippen LogP contribution is 2.31. The molecule has 4 aromatic rings. The molecule has 0 radical (unpaired) electrons. The van der Waals surface area contributed by atoms with Crippen molar-refractivity contribution >= 4 is 39.2 Å². The second-order valence-corrected chi connectivity index (χ2v) is 8.31. The first-order chi connectivity index (χ1) is 16.0. The largest absolute Gasteiger partial charge is 0.467 e. The van der Waals surface area contributed by atoms with E-state index in [0.717, 1.165) is 24.2 Å². The molecule has 0 bridgehead atoms. The molecular weight excluding hydrogens is 418 g/mol. The number of ether oxygens (including phenoxy) is 1. The molecule has 0 spiro atoms. The summed E-state index contributed by atoms with van der Waals surface area (Å²) in [7, 11) is 1.51. The predicted molar refractivity (Wildman–Crippen MR) is 128 cm³/mol. The number of amides is 1. The van der Waals surface area contributed by atoms with Crippen molar-refractivity contribution in [3.8, 4) is 6.01 Å². The standard InChI is InChI=1S/C24H25N7O2/c1-14-12-31(13-15(2)28-14)20-8-7-16(21-17(20)11-27-24(30-21)33-3)23(32)29-19-6-4-5-18-22(19)26-10-9-25-18/h4-11,14-15,28H,12-13H2,1-3H3,(H,29,32). The van der Waals surface area contributed by atoms with Crippen LogP contribution in [0.5, 0.6) is 6.01 Å². The molecule has 168 valence electrons. The van der Waals surface area contributed by atoms with Crippen molar-refractivity contribution in [2.75, 3.05) is 30.4 Å². The van der Waals surface area contributed by atoms with Gasteiger partial charge < -0.3 is 20.3 Å². The number of carbonyl (C=O) groups excluding carboxylic acids is 1. The third kappa shape index (κ3) is 4.03. The van der Waals surface area contributed by atoms with E-state index >= 15 is 0 Å². The van der Waals surface area contributed by atoms with E-state index in [4.69, 9.17) is 4.74 Å². The van der Waals surface area contributed by atoms with Crippen LogP contribution in [0.4, 0.5) is 11.4 Å². The molecule has 9 heteroatoms. The highest BCUT2D eigenvalue weighted by Gasteiger charge is 2.24. The zero-order valence-electron chi connectivity index (χ0n) is 18.7. The Labute approximate surface area is 191 Å². The second-order valence-electron chi connectivity index (χ2n) is 8.31. The summed E-state index contributed by atoms with van der Waals surface area (Å²) < 4.78 is 5.26. The van der Waals surface area contributed by atoms with E-state index in [1.165, 1.54) is 7.11 Å². The maximum absolute atomic E-state index is 13.4. The van der Waals surface area contributed by atoms with Gasteiger partial charge in [-0.3, -0.25) is 14.8 Å². The lowest BCUT2D eigenvalue weighted by Gasteiger charge is -2.38. The van der Waals surface area contributed by atoms with Crippen LogP contribution in [0.25, 0.3) is 21.9 Å². The maximum atomic E-state index is 13.4. The Bertz CT molecular complexity index is 1330. The lowest BCUT2D eigenvalue weighted by molar-refractivity contribution is 0.102. The molecule has 1 amide bonds. The van der Waals surface area contributed by atoms with Crippen LogP contribution in [-0.4, -0.2) is 58.1 Å². The van der Waals surface area contributed by atoms with Gasteiger partial charge in [0.2, 0.25) is 0 Å². The van der Waals surface area contributed by atoms with Crippen molar-refractivity contribution in [3.63, 3.8) is 0 Å². The highest BCUT2D eigenvalue weighted by atomic mass is 16.5. The average molecular weight is 444 g/mol. The first-order valence-electron chi connectivity index (χ1n) is 10.9. The van der Waals surface area contributed by atoms with Crippen LogP contribution in [0.15, 0.2) is 48.9 Å². The minimum absolute atomic E-state index is 0.215. The lowest BCUT2D eigenvalue weighted by atomic mass is 10.0. The number of nitrogens with one attached hydrogen (secondary N) is 2. The summed E-state index contributed by atoms with van der Waals surface area (Å²) in [6, 6.07) is 10.2. The van der Waals surface area contributed by atoms with E-state index in [2.05, 4.69) is 49.3 Å². The van der Waals surface area contributed by atoms with Crippen molar-refractivity contribution in [2.45, 2.75) is 25.9 Å². The quantitative estimate of drug-likeness (QED) is 0.496. The summed E-state index contributed by atoms with van der Waals surface area (Å²) >= 11 is 0. The number of methoxy groups -OCH3 is 1. The van der Waals surface area contributed by atoms with Crippen molar-refractivity contribution in [1.29, 1.82) is 0 Å². The van der Waals surface area contributed by atoms with E-state index in [1.54, 1.807) is 18.6 Å². The van der Waals surface area contributed by atoms with Gasteiger partial charge in [0.25, 0.3) is 5.91 Å². The Hall–Kier alpha value is -3.85. The van der Waals surface area contributed by atoms with Crippen molar-refractivity contribution in [1.82, 2.24) is 25.3 Å². The first kappa shape index (κ1) is 21.0. The van der Waals surface area contributed by atoms with Crippen molar-refractivity contribution < 1.29 is 9.53 Å². The van der Waals surface area contributed by atoms with Crippen LogP contribution in [0.3, 0.4) is 0 Å².